The minimum atomic E-state index is 0.809. The second-order valence-electron chi connectivity index (χ2n) is 4.57. The fraction of sp³-hybridized carbons (Fsp3) is 1.00. The standard InChI is InChI=1S/C11H23N/c1-4-5-12-11-7-9(2)6-10(3)8-11/h9-12H,4-8H2,1-3H3/t9-,10-/m0/s1. The summed E-state index contributed by atoms with van der Waals surface area (Å²) in [5.41, 5.74) is 0. The average Bonchev–Trinajstić information content (AvgIpc) is 1.99. The second-order valence-corrected chi connectivity index (χ2v) is 4.57. The first-order chi connectivity index (χ1) is 5.72. The van der Waals surface area contributed by atoms with E-state index < -0.39 is 0 Å². The molecule has 0 amide bonds. The Labute approximate surface area is 76.9 Å². The Balaban J connectivity index is 2.24. The van der Waals surface area contributed by atoms with Gasteiger partial charge in [-0.2, -0.15) is 0 Å². The van der Waals surface area contributed by atoms with Gasteiger partial charge >= 0.3 is 0 Å². The van der Waals surface area contributed by atoms with E-state index in [0.717, 1.165) is 17.9 Å². The van der Waals surface area contributed by atoms with Gasteiger partial charge in [-0.3, -0.25) is 0 Å². The van der Waals surface area contributed by atoms with Crippen LogP contribution < -0.4 is 5.32 Å². The van der Waals surface area contributed by atoms with Crippen LogP contribution >= 0.6 is 0 Å². The minimum absolute atomic E-state index is 0.809. The second kappa shape index (κ2) is 4.86. The van der Waals surface area contributed by atoms with Crippen LogP contribution in [0.1, 0.15) is 46.5 Å². The molecule has 0 heterocycles. The predicted molar refractivity (Wildman–Crippen MR) is 54.3 cm³/mol. The van der Waals surface area contributed by atoms with Crippen molar-refractivity contribution in [2.75, 3.05) is 6.54 Å². The number of hydrogen-bond donors (Lipinski definition) is 1. The van der Waals surface area contributed by atoms with E-state index in [1.54, 1.807) is 0 Å². The molecule has 1 saturated carbocycles. The summed E-state index contributed by atoms with van der Waals surface area (Å²) in [5, 5.41) is 3.63. The molecule has 1 aliphatic carbocycles. The maximum atomic E-state index is 3.63. The zero-order chi connectivity index (χ0) is 8.97. The highest BCUT2D eigenvalue weighted by molar-refractivity contribution is 4.79. The average molecular weight is 169 g/mol. The molecule has 1 aliphatic rings. The van der Waals surface area contributed by atoms with E-state index >= 15 is 0 Å². The molecule has 0 aliphatic heterocycles. The van der Waals surface area contributed by atoms with Gasteiger partial charge in [0.1, 0.15) is 0 Å². The summed E-state index contributed by atoms with van der Waals surface area (Å²) < 4.78 is 0. The third-order valence-corrected chi connectivity index (χ3v) is 2.86. The largest absolute Gasteiger partial charge is 0.314 e. The van der Waals surface area contributed by atoms with Crippen molar-refractivity contribution in [2.24, 2.45) is 11.8 Å². The van der Waals surface area contributed by atoms with Gasteiger partial charge in [-0.15, -0.1) is 0 Å². The molecule has 0 aromatic carbocycles. The van der Waals surface area contributed by atoms with Crippen LogP contribution in [0.5, 0.6) is 0 Å². The molecule has 2 atom stereocenters. The number of nitrogens with one attached hydrogen (secondary N) is 1. The van der Waals surface area contributed by atoms with Gasteiger partial charge in [-0.05, 0) is 44.1 Å². The Bertz CT molecular complexity index is 112. The van der Waals surface area contributed by atoms with Crippen molar-refractivity contribution in [3.8, 4) is 0 Å². The monoisotopic (exact) mass is 169 g/mol. The lowest BCUT2D eigenvalue weighted by molar-refractivity contribution is 0.239. The molecule has 72 valence electrons. The molecule has 0 aromatic rings. The lowest BCUT2D eigenvalue weighted by Gasteiger charge is -2.32. The molecule has 0 aromatic heterocycles. The molecule has 1 fully saturated rings. The van der Waals surface area contributed by atoms with Gasteiger partial charge in [0, 0.05) is 6.04 Å². The summed E-state index contributed by atoms with van der Waals surface area (Å²) in [6.07, 6.45) is 5.48. The Kier molecular flexibility index (Phi) is 4.07. The molecule has 1 rings (SSSR count). The maximum absolute atomic E-state index is 3.63. The fourth-order valence-corrected chi connectivity index (χ4v) is 2.46. The third kappa shape index (κ3) is 3.14. The van der Waals surface area contributed by atoms with Crippen molar-refractivity contribution >= 4 is 0 Å². The summed E-state index contributed by atoms with van der Waals surface area (Å²) in [7, 11) is 0. The van der Waals surface area contributed by atoms with Crippen molar-refractivity contribution < 1.29 is 0 Å². The quantitative estimate of drug-likeness (QED) is 0.685. The fourth-order valence-electron chi connectivity index (χ4n) is 2.46. The smallest absolute Gasteiger partial charge is 0.00721 e. The molecule has 1 N–H and O–H groups in total. The first-order valence-electron chi connectivity index (χ1n) is 5.45. The van der Waals surface area contributed by atoms with Crippen LogP contribution in [0, 0.1) is 11.8 Å². The van der Waals surface area contributed by atoms with E-state index in [0.29, 0.717) is 0 Å². The SMILES string of the molecule is CCCNC1C[C@@H](C)C[C@H](C)C1. The Morgan fingerprint density at radius 2 is 1.67 bits per heavy atom. The molecular formula is C11H23N. The van der Waals surface area contributed by atoms with E-state index in [1.807, 2.05) is 0 Å². The van der Waals surface area contributed by atoms with Crippen LogP contribution in [0.3, 0.4) is 0 Å². The maximum Gasteiger partial charge on any atom is 0.00721 e. The van der Waals surface area contributed by atoms with E-state index in [-0.39, 0.29) is 0 Å². The van der Waals surface area contributed by atoms with Crippen LogP contribution in [0.4, 0.5) is 0 Å². The summed E-state index contributed by atoms with van der Waals surface area (Å²) in [6, 6.07) is 0.809. The van der Waals surface area contributed by atoms with E-state index in [1.165, 1.54) is 32.2 Å². The van der Waals surface area contributed by atoms with Gasteiger partial charge in [-0.1, -0.05) is 20.8 Å². The number of hydrogen-bond acceptors (Lipinski definition) is 1. The molecule has 0 bridgehead atoms. The predicted octanol–water partition coefficient (Wildman–Crippen LogP) is 2.81. The normalized spacial score (nSPS) is 36.8. The zero-order valence-corrected chi connectivity index (χ0v) is 8.77. The van der Waals surface area contributed by atoms with Crippen molar-refractivity contribution in [3.63, 3.8) is 0 Å². The van der Waals surface area contributed by atoms with Gasteiger partial charge < -0.3 is 5.32 Å². The molecule has 12 heavy (non-hydrogen) atoms. The molecule has 0 unspecified atom stereocenters. The zero-order valence-electron chi connectivity index (χ0n) is 8.77. The Morgan fingerprint density at radius 1 is 1.08 bits per heavy atom. The van der Waals surface area contributed by atoms with Crippen molar-refractivity contribution in [1.29, 1.82) is 0 Å². The highest BCUT2D eigenvalue weighted by Crippen LogP contribution is 2.28. The molecule has 0 spiro atoms. The van der Waals surface area contributed by atoms with Crippen LogP contribution in [-0.2, 0) is 0 Å². The highest BCUT2D eigenvalue weighted by Gasteiger charge is 2.22. The molecule has 1 nitrogen and oxygen atoms in total. The highest BCUT2D eigenvalue weighted by atomic mass is 14.9. The molecule has 0 saturated heterocycles. The lowest BCUT2D eigenvalue weighted by Crippen LogP contribution is -2.36. The van der Waals surface area contributed by atoms with Crippen molar-refractivity contribution in [1.82, 2.24) is 5.32 Å². The first-order valence-corrected chi connectivity index (χ1v) is 5.45. The third-order valence-electron chi connectivity index (χ3n) is 2.86. The number of rotatable bonds is 3. The van der Waals surface area contributed by atoms with Crippen LogP contribution in [0.15, 0.2) is 0 Å². The van der Waals surface area contributed by atoms with Gasteiger partial charge in [0.05, 0.1) is 0 Å². The van der Waals surface area contributed by atoms with Gasteiger partial charge in [0.2, 0.25) is 0 Å². The van der Waals surface area contributed by atoms with E-state index in [2.05, 4.69) is 26.1 Å². The van der Waals surface area contributed by atoms with Crippen molar-refractivity contribution in [2.45, 2.75) is 52.5 Å². The van der Waals surface area contributed by atoms with Gasteiger partial charge in [0.15, 0.2) is 0 Å². The lowest BCUT2D eigenvalue weighted by atomic mass is 9.80. The Hall–Kier alpha value is -0.0400. The van der Waals surface area contributed by atoms with Gasteiger partial charge in [0.25, 0.3) is 0 Å². The molecule has 1 heteroatoms. The van der Waals surface area contributed by atoms with E-state index in [4.69, 9.17) is 0 Å². The molecule has 0 radical (unpaired) electrons. The summed E-state index contributed by atoms with van der Waals surface area (Å²) in [6.45, 7) is 8.21. The van der Waals surface area contributed by atoms with Crippen molar-refractivity contribution in [3.05, 3.63) is 0 Å². The molecular weight excluding hydrogens is 146 g/mol. The minimum Gasteiger partial charge on any atom is -0.314 e. The summed E-state index contributed by atoms with van der Waals surface area (Å²) in [5.74, 6) is 1.87. The van der Waals surface area contributed by atoms with Crippen LogP contribution in [0.2, 0.25) is 0 Å². The summed E-state index contributed by atoms with van der Waals surface area (Å²) >= 11 is 0. The topological polar surface area (TPSA) is 12.0 Å². The first kappa shape index (κ1) is 10.0. The van der Waals surface area contributed by atoms with E-state index in [9.17, 15) is 0 Å². The van der Waals surface area contributed by atoms with Gasteiger partial charge in [-0.25, -0.2) is 0 Å². The van der Waals surface area contributed by atoms with Crippen LogP contribution in [0.25, 0.3) is 0 Å². The van der Waals surface area contributed by atoms with Crippen LogP contribution in [-0.4, -0.2) is 12.6 Å². The Morgan fingerprint density at radius 3 is 2.17 bits per heavy atom. The summed E-state index contributed by atoms with van der Waals surface area (Å²) in [4.78, 5) is 0.